The van der Waals surface area contributed by atoms with Crippen LogP contribution in [0.1, 0.15) is 27.2 Å². The molecule has 0 aliphatic heterocycles. The lowest BCUT2D eigenvalue weighted by molar-refractivity contribution is 0.389. The molecule has 0 atom stereocenters. The van der Waals surface area contributed by atoms with Crippen molar-refractivity contribution in [3.8, 4) is 0 Å². The zero-order chi connectivity index (χ0) is 12.5. The van der Waals surface area contributed by atoms with Crippen molar-refractivity contribution in [2.45, 2.75) is 27.2 Å². The van der Waals surface area contributed by atoms with Gasteiger partial charge in [-0.05, 0) is 11.8 Å². The lowest BCUT2D eigenvalue weighted by Crippen LogP contribution is -2.40. The van der Waals surface area contributed by atoms with Gasteiger partial charge in [-0.15, -0.1) is 0 Å². The van der Waals surface area contributed by atoms with E-state index in [2.05, 4.69) is 26.1 Å². The van der Waals surface area contributed by atoms with Crippen molar-refractivity contribution in [1.29, 1.82) is 0 Å². The zero-order valence-corrected chi connectivity index (χ0v) is 10.7. The highest BCUT2D eigenvalue weighted by molar-refractivity contribution is 5.74. The van der Waals surface area contributed by atoms with Gasteiger partial charge in [-0.2, -0.15) is 0 Å². The van der Waals surface area contributed by atoms with E-state index in [1.54, 1.807) is 19.0 Å². The van der Waals surface area contributed by atoms with Gasteiger partial charge in [-0.1, -0.05) is 20.8 Å². The SMILES string of the molecule is CN(C)c1c(NCCC(C)(C)C)c(=O)c1=O. The van der Waals surface area contributed by atoms with Gasteiger partial charge in [-0.25, -0.2) is 0 Å². The van der Waals surface area contributed by atoms with E-state index in [-0.39, 0.29) is 10.8 Å². The van der Waals surface area contributed by atoms with Gasteiger partial charge in [0.2, 0.25) is 0 Å². The molecule has 0 aliphatic carbocycles. The third-order valence-electron chi connectivity index (χ3n) is 2.51. The molecule has 0 amide bonds. The summed E-state index contributed by atoms with van der Waals surface area (Å²) in [6.45, 7) is 7.15. The highest BCUT2D eigenvalue weighted by atomic mass is 16.2. The Bertz CT molecular complexity index is 434. The molecule has 1 rings (SSSR count). The highest BCUT2D eigenvalue weighted by Crippen LogP contribution is 2.21. The van der Waals surface area contributed by atoms with E-state index >= 15 is 0 Å². The Morgan fingerprint density at radius 1 is 1.12 bits per heavy atom. The van der Waals surface area contributed by atoms with Gasteiger partial charge in [0.25, 0.3) is 10.9 Å². The van der Waals surface area contributed by atoms with Gasteiger partial charge in [0.15, 0.2) is 0 Å². The average molecular weight is 224 g/mol. The first kappa shape index (κ1) is 12.7. The number of hydrogen-bond donors (Lipinski definition) is 1. The van der Waals surface area contributed by atoms with Gasteiger partial charge in [0.05, 0.1) is 0 Å². The molecule has 0 spiro atoms. The molecule has 4 heteroatoms. The summed E-state index contributed by atoms with van der Waals surface area (Å²) < 4.78 is 0. The Kier molecular flexibility index (Phi) is 3.41. The van der Waals surface area contributed by atoms with Crippen molar-refractivity contribution in [1.82, 2.24) is 0 Å². The van der Waals surface area contributed by atoms with Crippen molar-refractivity contribution in [3.05, 3.63) is 20.4 Å². The summed E-state index contributed by atoms with van der Waals surface area (Å²) in [5.41, 5.74) is 0.418. The Morgan fingerprint density at radius 2 is 1.69 bits per heavy atom. The van der Waals surface area contributed by atoms with Gasteiger partial charge >= 0.3 is 0 Å². The number of anilines is 2. The quantitative estimate of drug-likeness (QED) is 0.781. The molecular weight excluding hydrogens is 204 g/mol. The minimum Gasteiger partial charge on any atom is -0.380 e. The molecule has 1 aromatic rings. The average Bonchev–Trinajstić information content (AvgIpc) is 2.13. The fourth-order valence-corrected chi connectivity index (χ4v) is 1.53. The Balaban J connectivity index is 2.66. The van der Waals surface area contributed by atoms with E-state index in [0.29, 0.717) is 11.4 Å². The summed E-state index contributed by atoms with van der Waals surface area (Å²) in [6, 6.07) is 0. The van der Waals surface area contributed by atoms with Crippen LogP contribution >= 0.6 is 0 Å². The van der Waals surface area contributed by atoms with Crippen LogP contribution in [0.5, 0.6) is 0 Å². The van der Waals surface area contributed by atoms with E-state index in [4.69, 9.17) is 0 Å². The van der Waals surface area contributed by atoms with Crippen LogP contribution in [0.3, 0.4) is 0 Å². The summed E-state index contributed by atoms with van der Waals surface area (Å²) in [6.07, 6.45) is 0.957. The summed E-state index contributed by atoms with van der Waals surface area (Å²) in [5.74, 6) is 0. The molecule has 0 bridgehead atoms. The second-order valence-electron chi connectivity index (χ2n) is 5.51. The molecule has 0 saturated heterocycles. The first-order valence-electron chi connectivity index (χ1n) is 5.48. The third kappa shape index (κ3) is 2.62. The molecule has 0 heterocycles. The molecule has 90 valence electrons. The van der Waals surface area contributed by atoms with Crippen molar-refractivity contribution in [2.75, 3.05) is 30.9 Å². The smallest absolute Gasteiger partial charge is 0.253 e. The number of rotatable bonds is 4. The molecule has 0 saturated carbocycles. The second-order valence-corrected chi connectivity index (χ2v) is 5.51. The summed E-state index contributed by atoms with van der Waals surface area (Å²) in [7, 11) is 3.54. The largest absolute Gasteiger partial charge is 0.380 e. The second kappa shape index (κ2) is 4.28. The number of nitrogens with zero attached hydrogens (tertiary/aromatic N) is 1. The lowest BCUT2D eigenvalue weighted by Gasteiger charge is -2.22. The third-order valence-corrected chi connectivity index (χ3v) is 2.51. The van der Waals surface area contributed by atoms with Crippen molar-refractivity contribution in [3.63, 3.8) is 0 Å². The van der Waals surface area contributed by atoms with Crippen LogP contribution in [0.2, 0.25) is 0 Å². The Labute approximate surface area is 96.0 Å². The van der Waals surface area contributed by atoms with Crippen molar-refractivity contribution in [2.24, 2.45) is 5.41 Å². The molecule has 1 aromatic carbocycles. The van der Waals surface area contributed by atoms with E-state index in [9.17, 15) is 9.59 Å². The first-order chi connectivity index (χ1) is 7.24. The van der Waals surface area contributed by atoms with E-state index < -0.39 is 5.43 Å². The fraction of sp³-hybridized carbons (Fsp3) is 0.667. The zero-order valence-electron chi connectivity index (χ0n) is 10.7. The predicted octanol–water partition coefficient (Wildman–Crippen LogP) is 1.20. The maximum absolute atomic E-state index is 11.3. The van der Waals surface area contributed by atoms with E-state index in [0.717, 1.165) is 13.0 Å². The topological polar surface area (TPSA) is 49.4 Å². The molecule has 0 radical (unpaired) electrons. The minimum atomic E-state index is -0.391. The molecule has 0 aromatic heterocycles. The fourth-order valence-electron chi connectivity index (χ4n) is 1.53. The monoisotopic (exact) mass is 224 g/mol. The maximum Gasteiger partial charge on any atom is 0.253 e. The summed E-state index contributed by atoms with van der Waals surface area (Å²) >= 11 is 0. The summed E-state index contributed by atoms with van der Waals surface area (Å²) in [5, 5.41) is 3.05. The molecular formula is C12H20N2O2. The van der Waals surface area contributed by atoms with Crippen molar-refractivity contribution < 1.29 is 0 Å². The molecule has 1 N–H and O–H groups in total. The number of nitrogens with one attached hydrogen (secondary N) is 1. The standard InChI is InChI=1S/C12H20N2O2/c1-12(2,3)6-7-13-8-9(14(4)5)11(16)10(8)15/h13H,6-7H2,1-5H3. The van der Waals surface area contributed by atoms with Gasteiger partial charge in [0, 0.05) is 20.6 Å². The Morgan fingerprint density at radius 3 is 2.12 bits per heavy atom. The van der Waals surface area contributed by atoms with E-state index in [1.165, 1.54) is 0 Å². The minimum absolute atomic E-state index is 0.225. The van der Waals surface area contributed by atoms with Crippen LogP contribution in [-0.4, -0.2) is 20.6 Å². The number of hydrogen-bond acceptors (Lipinski definition) is 4. The lowest BCUT2D eigenvalue weighted by atomic mass is 9.92. The normalized spacial score (nSPS) is 11.8. The van der Waals surface area contributed by atoms with Gasteiger partial charge < -0.3 is 10.2 Å². The maximum atomic E-state index is 11.3. The van der Waals surface area contributed by atoms with Crippen molar-refractivity contribution >= 4 is 11.4 Å². The predicted molar refractivity (Wildman–Crippen MR) is 68.2 cm³/mol. The van der Waals surface area contributed by atoms with Crippen LogP contribution in [-0.2, 0) is 0 Å². The summed E-state index contributed by atoms with van der Waals surface area (Å²) in [4.78, 5) is 24.3. The molecule has 0 unspecified atom stereocenters. The molecule has 16 heavy (non-hydrogen) atoms. The molecule has 4 nitrogen and oxygen atoms in total. The molecule has 0 aliphatic rings. The van der Waals surface area contributed by atoms with E-state index in [1.807, 2.05) is 0 Å². The van der Waals surface area contributed by atoms with Crippen LogP contribution in [0, 0.1) is 5.41 Å². The van der Waals surface area contributed by atoms with Gasteiger partial charge in [-0.3, -0.25) is 9.59 Å². The van der Waals surface area contributed by atoms with Gasteiger partial charge in [0.1, 0.15) is 11.4 Å². The van der Waals surface area contributed by atoms with Crippen LogP contribution < -0.4 is 21.1 Å². The highest BCUT2D eigenvalue weighted by Gasteiger charge is 2.22. The Hall–Kier alpha value is -1.32. The first-order valence-corrected chi connectivity index (χ1v) is 5.48. The van der Waals surface area contributed by atoms with Crippen LogP contribution in [0.4, 0.5) is 11.4 Å². The van der Waals surface area contributed by atoms with Crippen LogP contribution in [0.25, 0.3) is 0 Å². The molecule has 0 fully saturated rings. The van der Waals surface area contributed by atoms with Crippen LogP contribution in [0.15, 0.2) is 9.59 Å².